The number of aromatic nitrogens is 2. The summed E-state index contributed by atoms with van der Waals surface area (Å²) in [6.45, 7) is 0.854. The Balaban J connectivity index is 2.02. The van der Waals surface area contributed by atoms with Crippen LogP contribution in [-0.4, -0.2) is 9.55 Å². The number of nitrogens with zero attached hydrogens (tertiary/aromatic N) is 1. The van der Waals surface area contributed by atoms with Gasteiger partial charge in [0.15, 0.2) is 0 Å². The molecule has 0 saturated carbocycles. The van der Waals surface area contributed by atoms with Crippen molar-refractivity contribution >= 4 is 0 Å². The van der Waals surface area contributed by atoms with Gasteiger partial charge in [0.25, 0.3) is 0 Å². The summed E-state index contributed by atoms with van der Waals surface area (Å²) >= 11 is 0. The first-order valence-electron chi connectivity index (χ1n) is 4.75. The van der Waals surface area contributed by atoms with E-state index in [1.165, 1.54) is 6.42 Å². The molecule has 13 heavy (non-hydrogen) atoms. The number of allylic oxidation sites excluding steroid dienone is 2. The molecule has 1 aliphatic rings. The smallest absolute Gasteiger partial charge is 0.313 e. The molecule has 1 aromatic rings. The molecule has 0 aromatic carbocycles. The van der Waals surface area contributed by atoms with Gasteiger partial charge in [0.05, 0.1) is 0 Å². The Kier molecular flexibility index (Phi) is 2.34. The van der Waals surface area contributed by atoms with E-state index in [0.717, 1.165) is 19.4 Å². The van der Waals surface area contributed by atoms with E-state index in [1.807, 2.05) is 6.20 Å². The van der Waals surface area contributed by atoms with E-state index in [-0.39, 0.29) is 5.69 Å². The summed E-state index contributed by atoms with van der Waals surface area (Å²) in [5.74, 6) is 0.638. The molecule has 0 amide bonds. The maximum atomic E-state index is 11.2. The highest BCUT2D eigenvalue weighted by molar-refractivity contribution is 4.90. The number of imidazole rings is 1. The number of hydrogen-bond donors (Lipinski definition) is 1. The Labute approximate surface area is 77.1 Å². The minimum atomic E-state index is 0.00885. The molecule has 2 rings (SSSR count). The van der Waals surface area contributed by atoms with Crippen molar-refractivity contribution in [3.05, 3.63) is 35.0 Å². The van der Waals surface area contributed by atoms with Gasteiger partial charge in [0.2, 0.25) is 0 Å². The fourth-order valence-corrected chi connectivity index (χ4v) is 1.79. The molecule has 0 fully saturated rings. The van der Waals surface area contributed by atoms with Crippen LogP contribution in [-0.2, 0) is 6.54 Å². The van der Waals surface area contributed by atoms with Crippen LogP contribution >= 0.6 is 0 Å². The fourth-order valence-electron chi connectivity index (χ4n) is 1.79. The first kappa shape index (κ1) is 8.35. The second-order valence-corrected chi connectivity index (χ2v) is 3.57. The van der Waals surface area contributed by atoms with E-state index in [2.05, 4.69) is 17.1 Å². The van der Waals surface area contributed by atoms with Crippen molar-refractivity contribution in [2.75, 3.05) is 0 Å². The van der Waals surface area contributed by atoms with E-state index >= 15 is 0 Å². The molecular weight excluding hydrogens is 164 g/mol. The van der Waals surface area contributed by atoms with Crippen molar-refractivity contribution in [2.45, 2.75) is 25.8 Å². The molecule has 1 heterocycles. The number of hydrogen-bond acceptors (Lipinski definition) is 1. The predicted octanol–water partition coefficient (Wildman–Crippen LogP) is 1.53. The number of nitrogens with one attached hydrogen (secondary N) is 1. The summed E-state index contributed by atoms with van der Waals surface area (Å²) in [4.78, 5) is 13.8. The summed E-state index contributed by atoms with van der Waals surface area (Å²) in [5.41, 5.74) is 0.00885. The maximum Gasteiger partial charge on any atom is 0.325 e. The highest BCUT2D eigenvalue weighted by Gasteiger charge is 2.10. The lowest BCUT2D eigenvalue weighted by molar-refractivity contribution is 0.405. The molecule has 0 spiro atoms. The molecule has 0 bridgehead atoms. The van der Waals surface area contributed by atoms with Gasteiger partial charge in [-0.1, -0.05) is 12.2 Å². The van der Waals surface area contributed by atoms with Crippen LogP contribution in [0.2, 0.25) is 0 Å². The van der Waals surface area contributed by atoms with Gasteiger partial charge in [-0.3, -0.25) is 4.57 Å². The van der Waals surface area contributed by atoms with Gasteiger partial charge >= 0.3 is 5.69 Å². The largest absolute Gasteiger partial charge is 0.325 e. The molecule has 3 heteroatoms. The molecule has 0 saturated heterocycles. The zero-order chi connectivity index (χ0) is 9.10. The zero-order valence-electron chi connectivity index (χ0n) is 7.57. The quantitative estimate of drug-likeness (QED) is 0.685. The third kappa shape index (κ3) is 1.91. The first-order valence-corrected chi connectivity index (χ1v) is 4.75. The SMILES string of the molecule is O=c1[nH]ccn1CC1CC=CCC1. The Bertz CT molecular complexity index is 348. The molecule has 3 nitrogen and oxygen atoms in total. The summed E-state index contributed by atoms with van der Waals surface area (Å²) in [6, 6.07) is 0. The van der Waals surface area contributed by atoms with Crippen molar-refractivity contribution in [3.63, 3.8) is 0 Å². The van der Waals surface area contributed by atoms with Crippen LogP contribution in [0, 0.1) is 5.92 Å². The first-order chi connectivity index (χ1) is 6.36. The predicted molar refractivity (Wildman–Crippen MR) is 51.5 cm³/mol. The average Bonchev–Trinajstić information content (AvgIpc) is 2.54. The van der Waals surface area contributed by atoms with E-state index in [1.54, 1.807) is 10.8 Å². The van der Waals surface area contributed by atoms with Gasteiger partial charge in [0.1, 0.15) is 0 Å². The van der Waals surface area contributed by atoms with Crippen LogP contribution in [0.5, 0.6) is 0 Å². The third-order valence-corrected chi connectivity index (χ3v) is 2.55. The van der Waals surface area contributed by atoms with Crippen molar-refractivity contribution in [1.82, 2.24) is 9.55 Å². The van der Waals surface area contributed by atoms with Crippen molar-refractivity contribution in [2.24, 2.45) is 5.92 Å². The summed E-state index contributed by atoms with van der Waals surface area (Å²) in [7, 11) is 0. The Morgan fingerprint density at radius 2 is 2.46 bits per heavy atom. The van der Waals surface area contributed by atoms with Crippen molar-refractivity contribution in [1.29, 1.82) is 0 Å². The van der Waals surface area contributed by atoms with Crippen LogP contribution in [0.3, 0.4) is 0 Å². The number of aromatic amines is 1. The van der Waals surface area contributed by atoms with Crippen LogP contribution < -0.4 is 5.69 Å². The number of rotatable bonds is 2. The van der Waals surface area contributed by atoms with Crippen molar-refractivity contribution < 1.29 is 0 Å². The van der Waals surface area contributed by atoms with Gasteiger partial charge in [-0.2, -0.15) is 0 Å². The topological polar surface area (TPSA) is 37.8 Å². The monoisotopic (exact) mass is 178 g/mol. The zero-order valence-corrected chi connectivity index (χ0v) is 7.57. The molecule has 1 atom stereocenters. The third-order valence-electron chi connectivity index (χ3n) is 2.55. The molecule has 70 valence electrons. The Morgan fingerprint density at radius 3 is 3.08 bits per heavy atom. The highest BCUT2D eigenvalue weighted by atomic mass is 16.1. The van der Waals surface area contributed by atoms with E-state index in [4.69, 9.17) is 0 Å². The second-order valence-electron chi connectivity index (χ2n) is 3.57. The molecule has 1 N–H and O–H groups in total. The minimum absolute atomic E-state index is 0.00885. The molecule has 1 unspecified atom stereocenters. The molecule has 0 radical (unpaired) electrons. The van der Waals surface area contributed by atoms with Crippen LogP contribution in [0.1, 0.15) is 19.3 Å². The van der Waals surface area contributed by atoms with Gasteiger partial charge in [-0.15, -0.1) is 0 Å². The average molecular weight is 178 g/mol. The van der Waals surface area contributed by atoms with Gasteiger partial charge in [0, 0.05) is 18.9 Å². The van der Waals surface area contributed by atoms with Gasteiger partial charge < -0.3 is 4.98 Å². The lowest BCUT2D eigenvalue weighted by Gasteiger charge is -2.17. The lowest BCUT2D eigenvalue weighted by atomic mass is 9.94. The van der Waals surface area contributed by atoms with E-state index in [0.29, 0.717) is 5.92 Å². The van der Waals surface area contributed by atoms with Crippen molar-refractivity contribution in [3.8, 4) is 0 Å². The lowest BCUT2D eigenvalue weighted by Crippen LogP contribution is -2.21. The van der Waals surface area contributed by atoms with Gasteiger partial charge in [-0.05, 0) is 25.2 Å². The normalized spacial score (nSPS) is 22.0. The molecular formula is C10H14N2O. The Hall–Kier alpha value is -1.25. The second kappa shape index (κ2) is 3.64. The Morgan fingerprint density at radius 1 is 1.54 bits per heavy atom. The van der Waals surface area contributed by atoms with Crippen LogP contribution in [0.4, 0.5) is 0 Å². The molecule has 0 aliphatic heterocycles. The van der Waals surface area contributed by atoms with Crippen LogP contribution in [0.15, 0.2) is 29.3 Å². The standard InChI is InChI=1S/C10H14N2O/c13-10-11-6-7-12(10)8-9-4-2-1-3-5-9/h1-2,6-7,9H,3-5,8H2,(H,11,13). The maximum absolute atomic E-state index is 11.2. The fraction of sp³-hybridized carbons (Fsp3) is 0.500. The van der Waals surface area contributed by atoms with E-state index in [9.17, 15) is 4.79 Å². The summed E-state index contributed by atoms with van der Waals surface area (Å²) in [6.07, 6.45) is 11.4. The molecule has 1 aromatic heterocycles. The number of H-pyrrole nitrogens is 1. The molecule has 1 aliphatic carbocycles. The van der Waals surface area contributed by atoms with Crippen LogP contribution in [0.25, 0.3) is 0 Å². The summed E-state index contributed by atoms with van der Waals surface area (Å²) < 4.78 is 1.75. The van der Waals surface area contributed by atoms with E-state index < -0.39 is 0 Å². The minimum Gasteiger partial charge on any atom is -0.313 e. The highest BCUT2D eigenvalue weighted by Crippen LogP contribution is 2.18. The summed E-state index contributed by atoms with van der Waals surface area (Å²) in [5, 5.41) is 0. The van der Waals surface area contributed by atoms with Gasteiger partial charge in [-0.25, -0.2) is 4.79 Å².